The van der Waals surface area contributed by atoms with E-state index in [0.29, 0.717) is 11.7 Å². The number of thiazole rings is 1. The van der Waals surface area contributed by atoms with Crippen LogP contribution in [0.15, 0.2) is 58.9 Å². The fourth-order valence-corrected chi connectivity index (χ4v) is 6.84. The SMILES string of the molecule is C[C@@H](C(=O)NC1CCN(c2ccc(S(=O)(=O)Nc3nccs3)cc2)C1)N1CCCc2cc(Cl)ccc21.[HH].[HH].[HH]. The van der Waals surface area contributed by atoms with Crippen LogP contribution < -0.4 is 19.8 Å². The third kappa shape index (κ3) is 5.30. The Morgan fingerprint density at radius 2 is 2.03 bits per heavy atom. The molecule has 3 heterocycles. The van der Waals surface area contributed by atoms with Gasteiger partial charge in [0.1, 0.15) is 6.04 Å². The highest BCUT2D eigenvalue weighted by atomic mass is 35.5. The zero-order valence-electron chi connectivity index (χ0n) is 19.9. The van der Waals surface area contributed by atoms with Crippen molar-refractivity contribution in [3.8, 4) is 0 Å². The highest BCUT2D eigenvalue weighted by Gasteiger charge is 2.30. The first-order chi connectivity index (χ1) is 17.3. The van der Waals surface area contributed by atoms with Gasteiger partial charge in [-0.25, -0.2) is 13.4 Å². The second kappa shape index (κ2) is 10.3. The fourth-order valence-electron chi connectivity index (χ4n) is 4.86. The molecule has 2 N–H and O–H groups in total. The second-order valence-corrected chi connectivity index (χ2v) is 12.1. The number of anilines is 3. The van der Waals surface area contributed by atoms with Crippen molar-refractivity contribution in [3.05, 3.63) is 64.6 Å². The quantitative estimate of drug-likeness (QED) is 0.435. The molecule has 0 radical (unpaired) electrons. The van der Waals surface area contributed by atoms with E-state index in [-0.39, 0.29) is 27.2 Å². The van der Waals surface area contributed by atoms with Crippen molar-refractivity contribution in [1.82, 2.24) is 10.3 Å². The summed E-state index contributed by atoms with van der Waals surface area (Å²) in [5.41, 5.74) is 3.20. The third-order valence-electron chi connectivity index (χ3n) is 6.74. The number of aromatic nitrogens is 1. The van der Waals surface area contributed by atoms with Gasteiger partial charge in [0.2, 0.25) is 5.91 Å². The Kier molecular flexibility index (Phi) is 7.09. The number of hydrogen-bond acceptors (Lipinski definition) is 7. The van der Waals surface area contributed by atoms with Crippen LogP contribution in [-0.2, 0) is 21.2 Å². The molecule has 1 fully saturated rings. The van der Waals surface area contributed by atoms with Crippen molar-refractivity contribution >= 4 is 55.4 Å². The molecule has 0 aliphatic carbocycles. The first-order valence-corrected chi connectivity index (χ1v) is 14.7. The molecule has 0 bridgehead atoms. The minimum Gasteiger partial charge on any atom is -0.369 e. The summed E-state index contributed by atoms with van der Waals surface area (Å²) in [4.78, 5) is 21.6. The highest BCUT2D eigenvalue weighted by Crippen LogP contribution is 2.31. The number of sulfonamides is 1. The lowest BCUT2D eigenvalue weighted by molar-refractivity contribution is -0.122. The van der Waals surface area contributed by atoms with Crippen molar-refractivity contribution < 1.29 is 17.5 Å². The number of carbonyl (C=O) groups excluding carboxylic acids is 1. The zero-order valence-corrected chi connectivity index (χ0v) is 22.2. The minimum atomic E-state index is -3.68. The molecule has 2 atom stereocenters. The van der Waals surface area contributed by atoms with Gasteiger partial charge in [-0.2, -0.15) is 0 Å². The second-order valence-electron chi connectivity index (χ2n) is 9.12. The standard InChI is InChI=1S/C25H28ClN5O3S2.3H2/c1-17(31-12-2-3-18-15-19(26)4-9-23(18)31)24(32)28-20-10-13-30(16-20)21-5-7-22(8-6-21)36(33,34)29-25-27-11-14-35-25;;;/h4-9,11,14-15,17,20H,2-3,10,12-13,16H2,1H3,(H,27,29)(H,28,32);3*1H/t17-,20?;;;/m0.../s1. The van der Waals surface area contributed by atoms with Crippen molar-refractivity contribution in [3.63, 3.8) is 0 Å². The van der Waals surface area contributed by atoms with Gasteiger partial charge in [0.25, 0.3) is 10.0 Å². The van der Waals surface area contributed by atoms with Crippen LogP contribution in [0.25, 0.3) is 0 Å². The molecule has 1 aromatic heterocycles. The van der Waals surface area contributed by atoms with Crippen LogP contribution in [0, 0.1) is 0 Å². The molecule has 8 nitrogen and oxygen atoms in total. The van der Waals surface area contributed by atoms with Crippen LogP contribution in [0.5, 0.6) is 0 Å². The van der Waals surface area contributed by atoms with E-state index in [1.54, 1.807) is 35.8 Å². The summed E-state index contributed by atoms with van der Waals surface area (Å²) in [6.07, 6.45) is 4.35. The summed E-state index contributed by atoms with van der Waals surface area (Å²) in [6, 6.07) is 12.4. The molecule has 1 unspecified atom stereocenters. The largest absolute Gasteiger partial charge is 0.369 e. The highest BCUT2D eigenvalue weighted by molar-refractivity contribution is 7.93. The van der Waals surface area contributed by atoms with Gasteiger partial charge < -0.3 is 15.1 Å². The van der Waals surface area contributed by atoms with E-state index in [0.717, 1.165) is 48.7 Å². The van der Waals surface area contributed by atoms with Gasteiger partial charge in [0, 0.05) is 57.9 Å². The number of fused-ring (bicyclic) bond motifs is 1. The number of aryl methyl sites for hydroxylation is 1. The molecule has 3 aromatic rings. The maximum Gasteiger partial charge on any atom is 0.263 e. The number of benzene rings is 2. The maximum atomic E-state index is 13.1. The van der Waals surface area contributed by atoms with Crippen molar-refractivity contribution in [1.29, 1.82) is 0 Å². The van der Waals surface area contributed by atoms with Gasteiger partial charge in [-0.1, -0.05) is 11.6 Å². The molecule has 1 amide bonds. The summed E-state index contributed by atoms with van der Waals surface area (Å²) in [7, 11) is -3.68. The van der Waals surface area contributed by atoms with Gasteiger partial charge >= 0.3 is 0 Å². The molecule has 5 rings (SSSR count). The van der Waals surface area contributed by atoms with E-state index < -0.39 is 10.0 Å². The summed E-state index contributed by atoms with van der Waals surface area (Å²) in [5.74, 6) is 0.0133. The molecule has 2 aromatic carbocycles. The summed E-state index contributed by atoms with van der Waals surface area (Å²) in [5, 5.41) is 5.99. The van der Waals surface area contributed by atoms with Gasteiger partial charge in [0.05, 0.1) is 4.90 Å². The van der Waals surface area contributed by atoms with Crippen molar-refractivity contribution in [2.75, 3.05) is 34.2 Å². The van der Waals surface area contributed by atoms with Crippen LogP contribution >= 0.6 is 22.9 Å². The molecule has 0 spiro atoms. The lowest BCUT2D eigenvalue weighted by Gasteiger charge is -2.36. The monoisotopic (exact) mass is 551 g/mol. The van der Waals surface area contributed by atoms with E-state index >= 15 is 0 Å². The Balaban J connectivity index is 0.00000178. The molecular formula is C25H34ClN5O3S2. The first-order valence-electron chi connectivity index (χ1n) is 11.9. The molecule has 2 aliphatic rings. The molecule has 36 heavy (non-hydrogen) atoms. The van der Waals surface area contributed by atoms with E-state index in [2.05, 4.69) is 24.8 Å². The average Bonchev–Trinajstić information content (AvgIpc) is 3.55. The summed E-state index contributed by atoms with van der Waals surface area (Å²) >= 11 is 7.39. The molecule has 1 saturated heterocycles. The predicted molar refractivity (Wildman–Crippen MR) is 151 cm³/mol. The van der Waals surface area contributed by atoms with Crippen LogP contribution in [-0.4, -0.2) is 51.0 Å². The van der Waals surface area contributed by atoms with E-state index in [1.807, 2.05) is 25.1 Å². The number of nitrogens with zero attached hydrogens (tertiary/aromatic N) is 3. The lowest BCUT2D eigenvalue weighted by Crippen LogP contribution is -2.50. The van der Waals surface area contributed by atoms with Crippen LogP contribution in [0.2, 0.25) is 5.02 Å². The molecule has 11 heteroatoms. The fraction of sp³-hybridized carbons (Fsp3) is 0.360. The number of hydrogen-bond donors (Lipinski definition) is 2. The minimum absolute atomic E-state index is 0. The van der Waals surface area contributed by atoms with E-state index in [4.69, 9.17) is 11.6 Å². The Labute approximate surface area is 224 Å². The number of carbonyl (C=O) groups is 1. The number of rotatable bonds is 7. The summed E-state index contributed by atoms with van der Waals surface area (Å²) < 4.78 is 27.6. The molecule has 0 saturated carbocycles. The van der Waals surface area contributed by atoms with Gasteiger partial charge in [-0.15, -0.1) is 11.3 Å². The molecule has 196 valence electrons. The third-order valence-corrected chi connectivity index (χ3v) is 9.15. The first kappa shape index (κ1) is 24.9. The van der Waals surface area contributed by atoms with E-state index in [1.165, 1.54) is 16.9 Å². The zero-order chi connectivity index (χ0) is 25.3. The topological polar surface area (TPSA) is 94.6 Å². The Hall–Kier alpha value is -2.82. The van der Waals surface area contributed by atoms with Crippen LogP contribution in [0.4, 0.5) is 16.5 Å². The normalized spacial score (nSPS) is 18.6. The molecule has 2 aliphatic heterocycles. The van der Waals surface area contributed by atoms with Gasteiger partial charge in [-0.05, 0) is 74.2 Å². The Morgan fingerprint density at radius 3 is 2.78 bits per heavy atom. The Bertz CT molecular complexity index is 1350. The Morgan fingerprint density at radius 1 is 1.22 bits per heavy atom. The van der Waals surface area contributed by atoms with Crippen molar-refractivity contribution in [2.24, 2.45) is 0 Å². The lowest BCUT2D eigenvalue weighted by atomic mass is 10.00. The van der Waals surface area contributed by atoms with Gasteiger partial charge in [0.15, 0.2) is 5.13 Å². The number of nitrogens with one attached hydrogen (secondary N) is 2. The van der Waals surface area contributed by atoms with E-state index in [9.17, 15) is 13.2 Å². The van der Waals surface area contributed by atoms with Crippen molar-refractivity contribution in [2.45, 2.75) is 43.2 Å². The number of halogens is 1. The smallest absolute Gasteiger partial charge is 0.263 e. The van der Waals surface area contributed by atoms with Crippen LogP contribution in [0.3, 0.4) is 0 Å². The molecular weight excluding hydrogens is 518 g/mol. The van der Waals surface area contributed by atoms with Crippen LogP contribution in [0.1, 0.15) is 29.6 Å². The maximum absolute atomic E-state index is 13.1. The number of amides is 1. The predicted octanol–water partition coefficient (Wildman–Crippen LogP) is 4.87. The average molecular weight is 552 g/mol. The summed E-state index contributed by atoms with van der Waals surface area (Å²) in [6.45, 7) is 4.25. The van der Waals surface area contributed by atoms with Gasteiger partial charge in [-0.3, -0.25) is 9.52 Å².